The normalized spacial score (nSPS) is 29.1. The molecule has 0 aromatic heterocycles. The summed E-state index contributed by atoms with van der Waals surface area (Å²) in [4.78, 5) is 14.0. The van der Waals surface area contributed by atoms with Crippen LogP contribution in [-0.4, -0.2) is 31.1 Å². The summed E-state index contributed by atoms with van der Waals surface area (Å²) in [5.41, 5.74) is 1.13. The number of hydrogen-bond acceptors (Lipinski definition) is 3. The van der Waals surface area contributed by atoms with E-state index in [1.54, 1.807) is 18.3 Å². The minimum Gasteiger partial charge on any atom is -0.497 e. The Morgan fingerprint density at radius 3 is 2.74 bits per heavy atom. The Kier molecular flexibility index (Phi) is 2.93. The molecule has 4 heteroatoms. The van der Waals surface area contributed by atoms with Gasteiger partial charge in [-0.1, -0.05) is 12.1 Å². The highest BCUT2D eigenvalue weighted by molar-refractivity contribution is 5.83. The van der Waals surface area contributed by atoms with Gasteiger partial charge in [-0.15, -0.1) is 0 Å². The molecule has 0 radical (unpaired) electrons. The molecule has 1 saturated heterocycles. The number of hydrogen-bond donors (Lipinski definition) is 0. The Bertz CT molecular complexity index is 509. The molecule has 1 amide bonds. The van der Waals surface area contributed by atoms with Crippen molar-refractivity contribution >= 4 is 5.91 Å². The monoisotopic (exact) mass is 259 g/mol. The lowest BCUT2D eigenvalue weighted by Gasteiger charge is -2.38. The number of fused-ring (bicyclic) bond motifs is 1. The highest BCUT2D eigenvalue weighted by atomic mass is 16.5. The first-order valence-electron chi connectivity index (χ1n) is 6.43. The molecule has 4 nitrogen and oxygen atoms in total. The molecule has 3 atom stereocenters. The fraction of sp³-hybridized carbons (Fsp3) is 0.400. The topological polar surface area (TPSA) is 38.8 Å². The molecule has 0 unspecified atom stereocenters. The number of amides is 1. The van der Waals surface area contributed by atoms with Gasteiger partial charge in [0.25, 0.3) is 5.91 Å². The van der Waals surface area contributed by atoms with E-state index in [1.807, 2.05) is 37.4 Å². The van der Waals surface area contributed by atoms with Crippen molar-refractivity contribution in [2.24, 2.45) is 5.92 Å². The molecule has 2 aliphatic rings. The highest BCUT2D eigenvalue weighted by Crippen LogP contribution is 2.38. The zero-order valence-corrected chi connectivity index (χ0v) is 11.1. The van der Waals surface area contributed by atoms with Crippen LogP contribution in [0.1, 0.15) is 18.0 Å². The van der Waals surface area contributed by atoms with Crippen LogP contribution >= 0.6 is 0 Å². The molecule has 3 rings (SSSR count). The van der Waals surface area contributed by atoms with E-state index in [9.17, 15) is 4.79 Å². The van der Waals surface area contributed by atoms with Gasteiger partial charge in [-0.3, -0.25) is 4.79 Å². The smallest absolute Gasteiger partial charge is 0.264 e. The molecule has 2 heterocycles. The lowest BCUT2D eigenvalue weighted by Crippen LogP contribution is -2.47. The third kappa shape index (κ3) is 1.97. The van der Waals surface area contributed by atoms with Crippen LogP contribution in [0.25, 0.3) is 0 Å². The van der Waals surface area contributed by atoms with Crippen molar-refractivity contribution < 1.29 is 14.3 Å². The van der Waals surface area contributed by atoms with Gasteiger partial charge in [0, 0.05) is 13.0 Å². The lowest BCUT2D eigenvalue weighted by molar-refractivity contribution is -0.147. The van der Waals surface area contributed by atoms with Crippen LogP contribution in [0.3, 0.4) is 0 Å². The van der Waals surface area contributed by atoms with Crippen molar-refractivity contribution in [3.8, 4) is 5.75 Å². The second kappa shape index (κ2) is 4.61. The van der Waals surface area contributed by atoms with Crippen LogP contribution in [0.15, 0.2) is 36.6 Å². The lowest BCUT2D eigenvalue weighted by atomic mass is 9.86. The van der Waals surface area contributed by atoms with Crippen molar-refractivity contribution in [2.75, 3.05) is 14.2 Å². The van der Waals surface area contributed by atoms with Gasteiger partial charge in [0.1, 0.15) is 5.75 Å². The third-order valence-electron chi connectivity index (χ3n) is 3.99. The van der Waals surface area contributed by atoms with E-state index in [1.165, 1.54) is 0 Å². The number of ether oxygens (including phenoxy) is 2. The Labute approximate surface area is 112 Å². The van der Waals surface area contributed by atoms with Crippen LogP contribution < -0.4 is 4.74 Å². The average molecular weight is 259 g/mol. The van der Waals surface area contributed by atoms with Crippen molar-refractivity contribution in [1.29, 1.82) is 0 Å². The summed E-state index contributed by atoms with van der Waals surface area (Å²) < 4.78 is 10.5. The maximum absolute atomic E-state index is 12.2. The summed E-state index contributed by atoms with van der Waals surface area (Å²) in [5, 5.41) is 0. The van der Waals surface area contributed by atoms with E-state index in [0.717, 1.165) is 17.7 Å². The fourth-order valence-electron chi connectivity index (χ4n) is 2.83. The number of piperidine rings is 1. The van der Waals surface area contributed by atoms with E-state index >= 15 is 0 Å². The quantitative estimate of drug-likeness (QED) is 0.816. The number of likely N-dealkylation sites (N-methyl/N-ethyl adjacent to an activating group) is 1. The van der Waals surface area contributed by atoms with Crippen molar-refractivity contribution in [3.63, 3.8) is 0 Å². The molecule has 1 aromatic carbocycles. The molecular formula is C15H17NO3. The molecule has 0 spiro atoms. The van der Waals surface area contributed by atoms with Crippen LogP contribution in [-0.2, 0) is 9.53 Å². The largest absolute Gasteiger partial charge is 0.497 e. The Morgan fingerprint density at radius 1 is 1.32 bits per heavy atom. The summed E-state index contributed by atoms with van der Waals surface area (Å²) >= 11 is 0. The SMILES string of the molecule is COc1ccc([C@H]2C[C@@H]3C=CO[C@@H]3C(=O)N2C)cc1. The van der Waals surface area contributed by atoms with Crippen molar-refractivity contribution in [3.05, 3.63) is 42.2 Å². The van der Waals surface area contributed by atoms with Crippen LogP contribution in [0.4, 0.5) is 0 Å². The summed E-state index contributed by atoms with van der Waals surface area (Å²) in [6.45, 7) is 0. The maximum atomic E-state index is 12.2. The number of nitrogens with zero attached hydrogens (tertiary/aromatic N) is 1. The molecular weight excluding hydrogens is 242 g/mol. The number of carbonyl (C=O) groups excluding carboxylic acids is 1. The first-order chi connectivity index (χ1) is 9.20. The average Bonchev–Trinajstić information content (AvgIpc) is 2.91. The van der Waals surface area contributed by atoms with Crippen molar-refractivity contribution in [1.82, 2.24) is 4.90 Å². The zero-order valence-electron chi connectivity index (χ0n) is 11.1. The van der Waals surface area contributed by atoms with Crippen LogP contribution in [0.5, 0.6) is 5.75 Å². The Hall–Kier alpha value is -1.97. The summed E-state index contributed by atoms with van der Waals surface area (Å²) in [5.74, 6) is 1.08. The summed E-state index contributed by atoms with van der Waals surface area (Å²) in [6, 6.07) is 8.01. The van der Waals surface area contributed by atoms with Gasteiger partial charge in [-0.25, -0.2) is 0 Å². The third-order valence-corrected chi connectivity index (χ3v) is 3.99. The van der Waals surface area contributed by atoms with E-state index in [4.69, 9.17) is 9.47 Å². The number of rotatable bonds is 2. The number of likely N-dealkylation sites (tertiary alicyclic amines) is 1. The summed E-state index contributed by atoms with van der Waals surface area (Å²) in [7, 11) is 3.49. The second-order valence-corrected chi connectivity index (χ2v) is 5.02. The van der Waals surface area contributed by atoms with Gasteiger partial charge in [0.05, 0.1) is 19.4 Å². The molecule has 0 saturated carbocycles. The van der Waals surface area contributed by atoms with Gasteiger partial charge >= 0.3 is 0 Å². The predicted molar refractivity (Wildman–Crippen MR) is 70.6 cm³/mol. The van der Waals surface area contributed by atoms with E-state index in [2.05, 4.69) is 0 Å². The molecule has 2 aliphatic heterocycles. The Balaban J connectivity index is 1.86. The predicted octanol–water partition coefficient (Wildman–Crippen LogP) is 2.13. The fourth-order valence-corrected chi connectivity index (χ4v) is 2.83. The summed E-state index contributed by atoms with van der Waals surface area (Å²) in [6.07, 6.45) is 4.22. The zero-order chi connectivity index (χ0) is 13.4. The van der Waals surface area contributed by atoms with Gasteiger partial charge in [-0.05, 0) is 30.2 Å². The van der Waals surface area contributed by atoms with E-state index in [0.29, 0.717) is 0 Å². The minimum absolute atomic E-state index is 0.0575. The highest BCUT2D eigenvalue weighted by Gasteiger charge is 2.42. The van der Waals surface area contributed by atoms with Crippen LogP contribution in [0.2, 0.25) is 0 Å². The number of carbonyl (C=O) groups is 1. The molecule has 0 bridgehead atoms. The molecule has 1 fully saturated rings. The van der Waals surface area contributed by atoms with Gasteiger partial charge in [0.2, 0.25) is 0 Å². The van der Waals surface area contributed by atoms with Crippen LogP contribution in [0, 0.1) is 5.92 Å². The van der Waals surface area contributed by atoms with E-state index < -0.39 is 0 Å². The molecule has 0 N–H and O–H groups in total. The molecule has 1 aromatic rings. The standard InChI is InChI=1S/C15H17NO3/c1-16-13(10-3-5-12(18-2)6-4-10)9-11-7-8-19-14(11)15(16)17/h3-8,11,13-14H,9H2,1-2H3/t11-,13+,14-/m0/s1. The number of methoxy groups -OCH3 is 1. The molecule has 19 heavy (non-hydrogen) atoms. The van der Waals surface area contributed by atoms with Crippen molar-refractivity contribution in [2.45, 2.75) is 18.6 Å². The van der Waals surface area contributed by atoms with Gasteiger partial charge in [0.15, 0.2) is 6.10 Å². The second-order valence-electron chi connectivity index (χ2n) is 5.02. The molecule has 0 aliphatic carbocycles. The van der Waals surface area contributed by atoms with Gasteiger partial charge in [-0.2, -0.15) is 0 Å². The maximum Gasteiger partial charge on any atom is 0.264 e. The minimum atomic E-state index is -0.320. The first kappa shape index (κ1) is 12.1. The molecule has 100 valence electrons. The number of benzene rings is 1. The first-order valence-corrected chi connectivity index (χ1v) is 6.43. The van der Waals surface area contributed by atoms with E-state index in [-0.39, 0.29) is 24.0 Å². The van der Waals surface area contributed by atoms with Gasteiger partial charge < -0.3 is 14.4 Å². The Morgan fingerprint density at radius 2 is 2.05 bits per heavy atom.